The number of fused-ring (bicyclic) bond motifs is 1. The smallest absolute Gasteiger partial charge is 0.352 e. The van der Waals surface area contributed by atoms with Gasteiger partial charge in [-0.2, -0.15) is 0 Å². The molecule has 3 atom stereocenters. The van der Waals surface area contributed by atoms with Crippen LogP contribution < -0.4 is 10.6 Å². The Morgan fingerprint density at radius 1 is 0.841 bits per heavy atom. The first-order valence-corrected chi connectivity index (χ1v) is 23.4. The molecule has 0 aliphatic carbocycles. The van der Waals surface area contributed by atoms with E-state index in [0.717, 1.165) is 32.7 Å². The second kappa shape index (κ2) is 19.3. The molecule has 1 aromatic heterocycles. The van der Waals surface area contributed by atoms with Crippen molar-refractivity contribution < 1.29 is 38.1 Å². The van der Waals surface area contributed by atoms with Crippen molar-refractivity contribution in [3.05, 3.63) is 202 Å². The predicted molar refractivity (Wildman–Crippen MR) is 247 cm³/mol. The zero-order valence-corrected chi connectivity index (χ0v) is 37.0. The van der Waals surface area contributed by atoms with Crippen molar-refractivity contribution in [3.63, 3.8) is 0 Å². The maximum atomic E-state index is 14.3. The molecule has 2 unspecified atom stereocenters. The quantitative estimate of drug-likeness (QED) is 0.0178. The number of nitrogens with zero attached hydrogens (tertiary/aromatic N) is 3. The van der Waals surface area contributed by atoms with Crippen LogP contribution in [0.15, 0.2) is 173 Å². The van der Waals surface area contributed by atoms with Crippen molar-refractivity contribution >= 4 is 79.3 Å². The lowest BCUT2D eigenvalue weighted by atomic mass is 9.77. The average Bonchev–Trinajstić information content (AvgIpc) is 3.79. The van der Waals surface area contributed by atoms with Crippen molar-refractivity contribution in [2.45, 2.75) is 23.1 Å². The number of amides is 2. The molecule has 3 N–H and O–H groups in total. The molecule has 0 bridgehead atoms. The number of thiazole rings is 1. The number of esters is 1. The van der Waals surface area contributed by atoms with Crippen LogP contribution in [0.25, 0.3) is 0 Å². The van der Waals surface area contributed by atoms with Crippen LogP contribution in [0.3, 0.4) is 0 Å². The fraction of sp³-hybridized carbons (Fsp3) is 0.149. The molecule has 2 amide bonds. The van der Waals surface area contributed by atoms with Crippen LogP contribution >= 0.6 is 33.9 Å². The molecule has 13 nitrogen and oxygen atoms in total. The first-order chi connectivity index (χ1) is 30.7. The third-order valence-corrected chi connectivity index (χ3v) is 13.9. The lowest BCUT2D eigenvalue weighted by Gasteiger charge is -2.48. The highest BCUT2D eigenvalue weighted by molar-refractivity contribution is 14.1. The molecule has 63 heavy (non-hydrogen) atoms. The highest BCUT2D eigenvalue weighted by atomic mass is 127. The molecular weight excluding hydrogens is 954 g/mol. The van der Waals surface area contributed by atoms with Gasteiger partial charge in [0.1, 0.15) is 28.3 Å². The van der Waals surface area contributed by atoms with E-state index < -0.39 is 69.9 Å². The maximum Gasteiger partial charge on any atom is 0.352 e. The summed E-state index contributed by atoms with van der Waals surface area (Å²) in [5, 5.41) is 21.2. The number of carbonyl (C=O) groups excluding carboxylic acids is 3. The zero-order valence-electron chi connectivity index (χ0n) is 33.2. The second-order valence-electron chi connectivity index (χ2n) is 14.4. The minimum Gasteiger partial charge on any atom is -0.477 e. The molecule has 3 heterocycles. The lowest BCUT2D eigenvalue weighted by molar-refractivity contribution is -0.153. The van der Waals surface area contributed by atoms with Gasteiger partial charge in [-0.1, -0.05) is 179 Å². The number of anilines is 1. The van der Waals surface area contributed by atoms with E-state index >= 15 is 0 Å². The fourth-order valence-corrected chi connectivity index (χ4v) is 11.1. The van der Waals surface area contributed by atoms with Gasteiger partial charge in [0, 0.05) is 9.81 Å². The van der Waals surface area contributed by atoms with E-state index in [2.05, 4.69) is 15.8 Å². The van der Waals surface area contributed by atoms with Crippen molar-refractivity contribution in [2.75, 3.05) is 22.1 Å². The number of hydrogen-bond acceptors (Lipinski definition) is 11. The molecule has 1 fully saturated rings. The molecule has 8 rings (SSSR count). The summed E-state index contributed by atoms with van der Waals surface area (Å²) in [7, 11) is -1.72. The summed E-state index contributed by atoms with van der Waals surface area (Å²) < 4.78 is 19.5. The Kier molecular flexibility index (Phi) is 13.2. The number of carboxylic acid groups (broad SMARTS) is 1. The Morgan fingerprint density at radius 3 is 1.84 bits per heavy atom. The number of β-lactam (4-membered cyclic amide) rings is 1. The van der Waals surface area contributed by atoms with Crippen molar-refractivity contribution in [3.8, 4) is 0 Å². The predicted octanol–water partition coefficient (Wildman–Crippen LogP) is 6.79. The topological polar surface area (TPSA) is 177 Å². The summed E-state index contributed by atoms with van der Waals surface area (Å²) in [5.41, 5.74) is 2.98. The molecule has 6 aromatic rings. The lowest BCUT2D eigenvalue weighted by Crippen LogP contribution is -2.74. The number of alkyl halides is 1. The normalized spacial score (nSPS) is 17.4. The third kappa shape index (κ3) is 8.91. The largest absolute Gasteiger partial charge is 0.477 e. The minimum absolute atomic E-state index is 0.0367. The molecule has 0 spiro atoms. The summed E-state index contributed by atoms with van der Waals surface area (Å²) >= 11 is 3.15. The standard InChI is InChI=1S/C47H38IN5O8S2/c48-26-32-29-63(59)44-39(43(56)53(44)40(32)45(57)58)50-42(55)38(52-60-27-37(54)61-41(30-16-6-1-7-17-30)31-18-8-2-9-19-31)36-28-62-46(49-36)51-47(33-20-10-3-11-21-33,34-22-12-4-13-23-34)35-24-14-5-15-25-35/h1-25,28,39,41,44H,26-27,29H2,(H,49,51)(H,50,55)(H,57,58)/b52-38-/t39?,44-,63?/m0/s1. The number of aromatic nitrogens is 1. The van der Waals surface area contributed by atoms with Gasteiger partial charge in [0.15, 0.2) is 16.9 Å². The van der Waals surface area contributed by atoms with Crippen LogP contribution in [0.1, 0.15) is 39.6 Å². The highest BCUT2D eigenvalue weighted by Crippen LogP contribution is 2.41. The van der Waals surface area contributed by atoms with E-state index in [1.807, 2.05) is 174 Å². The molecule has 0 saturated carbocycles. The van der Waals surface area contributed by atoms with E-state index in [0.29, 0.717) is 10.7 Å². The number of ether oxygens (including phenoxy) is 1. The van der Waals surface area contributed by atoms with E-state index in [1.54, 1.807) is 5.38 Å². The van der Waals surface area contributed by atoms with E-state index in [1.165, 1.54) is 11.3 Å². The number of halogens is 1. The Bertz CT molecular complexity index is 2570. The Morgan fingerprint density at radius 2 is 1.35 bits per heavy atom. The fourth-order valence-electron chi connectivity index (χ4n) is 7.65. The third-order valence-electron chi connectivity index (χ3n) is 10.5. The number of aliphatic carboxylic acids is 1. The molecule has 16 heteroatoms. The number of nitrogens with one attached hydrogen (secondary N) is 2. The molecule has 2 aliphatic heterocycles. The van der Waals surface area contributed by atoms with Crippen LogP contribution in [0.5, 0.6) is 0 Å². The Hall–Kier alpha value is -6.50. The van der Waals surface area contributed by atoms with Gasteiger partial charge in [0.05, 0.1) is 16.6 Å². The van der Waals surface area contributed by atoms with Gasteiger partial charge in [-0.3, -0.25) is 18.7 Å². The maximum absolute atomic E-state index is 14.3. The summed E-state index contributed by atoms with van der Waals surface area (Å²) in [6.45, 7) is -0.698. The number of hydrogen-bond donors (Lipinski definition) is 3. The van der Waals surface area contributed by atoms with Gasteiger partial charge in [-0.25, -0.2) is 14.6 Å². The van der Waals surface area contributed by atoms with Crippen LogP contribution in [0.4, 0.5) is 5.13 Å². The minimum atomic E-state index is -1.72. The summed E-state index contributed by atoms with van der Waals surface area (Å²) in [6.07, 6.45) is -0.761. The summed E-state index contributed by atoms with van der Waals surface area (Å²) in [6, 6.07) is 46.6. The van der Waals surface area contributed by atoms with Gasteiger partial charge >= 0.3 is 11.9 Å². The molecule has 1 saturated heterocycles. The SMILES string of the molecule is O=C(CO/N=C(\C(=O)NC1C(=O)N2C(C(=O)O)=C(CI)CS(=O)[C@@H]12)c1csc(NC(c2ccccc2)(c2ccccc2)c2ccccc2)n1)OC(c1ccccc1)c1ccccc1. The highest BCUT2D eigenvalue weighted by Gasteiger charge is 2.57. The average molecular weight is 992 g/mol. The van der Waals surface area contributed by atoms with Crippen molar-refractivity contribution in [1.82, 2.24) is 15.2 Å². The van der Waals surface area contributed by atoms with Crippen molar-refractivity contribution in [1.29, 1.82) is 0 Å². The van der Waals surface area contributed by atoms with E-state index in [-0.39, 0.29) is 21.6 Å². The van der Waals surface area contributed by atoms with Gasteiger partial charge < -0.3 is 25.3 Å². The number of rotatable bonds is 16. The molecule has 5 aromatic carbocycles. The molecule has 0 radical (unpaired) electrons. The first kappa shape index (κ1) is 43.2. The van der Waals surface area contributed by atoms with Crippen LogP contribution in [0.2, 0.25) is 0 Å². The van der Waals surface area contributed by atoms with E-state index in [9.17, 15) is 28.5 Å². The van der Waals surface area contributed by atoms with Gasteiger partial charge in [0.2, 0.25) is 6.61 Å². The van der Waals surface area contributed by atoms with Crippen LogP contribution in [0, 0.1) is 0 Å². The molecule has 318 valence electrons. The second-order valence-corrected chi connectivity index (χ2v) is 17.5. The zero-order chi connectivity index (χ0) is 43.9. The number of carboxylic acids is 1. The van der Waals surface area contributed by atoms with Gasteiger partial charge in [0.25, 0.3) is 11.8 Å². The molecule has 2 aliphatic rings. The molecular formula is C47H38IN5O8S2. The Labute approximate surface area is 382 Å². The van der Waals surface area contributed by atoms with Crippen LogP contribution in [-0.2, 0) is 45.1 Å². The van der Waals surface area contributed by atoms with Crippen molar-refractivity contribution in [2.24, 2.45) is 5.16 Å². The van der Waals surface area contributed by atoms with Gasteiger partial charge in [-0.15, -0.1) is 11.3 Å². The Balaban J connectivity index is 1.12. The number of benzene rings is 5. The number of carbonyl (C=O) groups is 4. The van der Waals surface area contributed by atoms with Gasteiger partial charge in [-0.05, 0) is 33.4 Å². The number of oxime groups is 1. The van der Waals surface area contributed by atoms with Crippen LogP contribution in [-0.4, -0.2) is 76.9 Å². The van der Waals surface area contributed by atoms with E-state index in [4.69, 9.17) is 14.6 Å². The summed E-state index contributed by atoms with van der Waals surface area (Å²) in [5.74, 6) is -3.85. The summed E-state index contributed by atoms with van der Waals surface area (Å²) in [4.78, 5) is 64.8. The monoisotopic (exact) mass is 991 g/mol. The first-order valence-electron chi connectivity index (χ1n) is 19.6.